The van der Waals surface area contributed by atoms with E-state index in [1.54, 1.807) is 6.26 Å². The van der Waals surface area contributed by atoms with Gasteiger partial charge >= 0.3 is 0 Å². The van der Waals surface area contributed by atoms with Crippen molar-refractivity contribution in [3.8, 4) is 0 Å². The second kappa shape index (κ2) is 6.07. The van der Waals surface area contributed by atoms with Crippen LogP contribution >= 0.6 is 0 Å². The van der Waals surface area contributed by atoms with Gasteiger partial charge in [0.2, 0.25) is 0 Å². The van der Waals surface area contributed by atoms with Crippen molar-refractivity contribution in [1.82, 2.24) is 5.32 Å². The molecule has 0 amide bonds. The predicted molar refractivity (Wildman–Crippen MR) is 78.8 cm³/mol. The SMILES string of the molecule is CC(C)(C)CC(NCc1ccco1)c1ccccc1. The van der Waals surface area contributed by atoms with Crippen LogP contribution in [0.3, 0.4) is 0 Å². The summed E-state index contributed by atoms with van der Waals surface area (Å²) in [6.45, 7) is 7.59. The van der Waals surface area contributed by atoms with Crippen molar-refractivity contribution in [2.75, 3.05) is 0 Å². The molecule has 2 heteroatoms. The van der Waals surface area contributed by atoms with Gasteiger partial charge in [0.1, 0.15) is 5.76 Å². The van der Waals surface area contributed by atoms with Crippen molar-refractivity contribution in [1.29, 1.82) is 0 Å². The van der Waals surface area contributed by atoms with Gasteiger partial charge in [0.15, 0.2) is 0 Å². The Morgan fingerprint density at radius 2 is 1.79 bits per heavy atom. The highest BCUT2D eigenvalue weighted by Gasteiger charge is 2.19. The molecule has 1 unspecified atom stereocenters. The molecule has 2 rings (SSSR count). The smallest absolute Gasteiger partial charge is 0.117 e. The van der Waals surface area contributed by atoms with Crippen LogP contribution in [0.5, 0.6) is 0 Å². The number of furan rings is 1. The lowest BCUT2D eigenvalue weighted by molar-refractivity contribution is 0.304. The maximum absolute atomic E-state index is 5.39. The number of nitrogens with one attached hydrogen (secondary N) is 1. The van der Waals surface area contributed by atoms with Crippen molar-refractivity contribution < 1.29 is 4.42 Å². The summed E-state index contributed by atoms with van der Waals surface area (Å²) in [6, 6.07) is 14.9. The Kier molecular flexibility index (Phi) is 4.43. The molecular weight excluding hydrogens is 234 g/mol. The molecule has 0 aliphatic heterocycles. The Bertz CT molecular complexity index is 468. The van der Waals surface area contributed by atoms with Crippen LogP contribution in [0.4, 0.5) is 0 Å². The van der Waals surface area contributed by atoms with Gasteiger partial charge in [-0.05, 0) is 29.5 Å². The Morgan fingerprint density at radius 1 is 1.05 bits per heavy atom. The molecule has 2 aromatic rings. The first-order chi connectivity index (χ1) is 9.04. The van der Waals surface area contributed by atoms with Gasteiger partial charge in [-0.15, -0.1) is 0 Å². The number of hydrogen-bond donors (Lipinski definition) is 1. The Hall–Kier alpha value is -1.54. The monoisotopic (exact) mass is 257 g/mol. The summed E-state index contributed by atoms with van der Waals surface area (Å²) in [5, 5.41) is 3.60. The first-order valence-electron chi connectivity index (χ1n) is 6.85. The summed E-state index contributed by atoms with van der Waals surface area (Å²) >= 11 is 0. The van der Waals surface area contributed by atoms with Gasteiger partial charge in [-0.25, -0.2) is 0 Å². The normalized spacial score (nSPS) is 13.4. The van der Waals surface area contributed by atoms with E-state index < -0.39 is 0 Å². The van der Waals surface area contributed by atoms with Crippen molar-refractivity contribution in [3.63, 3.8) is 0 Å². The molecule has 0 saturated heterocycles. The van der Waals surface area contributed by atoms with Gasteiger partial charge in [0.05, 0.1) is 12.8 Å². The van der Waals surface area contributed by atoms with E-state index in [0.29, 0.717) is 6.04 Å². The molecule has 0 radical (unpaired) electrons. The lowest BCUT2D eigenvalue weighted by Gasteiger charge is -2.27. The molecule has 102 valence electrons. The number of rotatable bonds is 5. The van der Waals surface area contributed by atoms with Gasteiger partial charge in [-0.1, -0.05) is 51.1 Å². The number of hydrogen-bond acceptors (Lipinski definition) is 2. The van der Waals surface area contributed by atoms with E-state index in [-0.39, 0.29) is 5.41 Å². The minimum Gasteiger partial charge on any atom is -0.468 e. The molecule has 19 heavy (non-hydrogen) atoms. The zero-order chi connectivity index (χ0) is 13.7. The second-order valence-electron chi connectivity index (χ2n) is 6.19. The van der Waals surface area contributed by atoms with Crippen molar-refractivity contribution in [2.45, 2.75) is 39.8 Å². The van der Waals surface area contributed by atoms with E-state index in [4.69, 9.17) is 4.42 Å². The zero-order valence-corrected chi connectivity index (χ0v) is 12.0. The van der Waals surface area contributed by atoms with Crippen LogP contribution in [-0.2, 0) is 6.54 Å². The Labute approximate surface area is 115 Å². The van der Waals surface area contributed by atoms with Crippen molar-refractivity contribution in [2.24, 2.45) is 5.41 Å². The Morgan fingerprint density at radius 3 is 2.37 bits per heavy atom. The highest BCUT2D eigenvalue weighted by molar-refractivity contribution is 5.19. The average molecular weight is 257 g/mol. The van der Waals surface area contributed by atoms with Crippen LogP contribution in [-0.4, -0.2) is 0 Å². The van der Waals surface area contributed by atoms with E-state index in [1.165, 1.54) is 5.56 Å². The molecule has 1 atom stereocenters. The summed E-state index contributed by atoms with van der Waals surface area (Å²) in [5.74, 6) is 0.981. The first kappa shape index (κ1) is 13.9. The van der Waals surface area contributed by atoms with E-state index in [0.717, 1.165) is 18.7 Å². The molecule has 1 heterocycles. The van der Waals surface area contributed by atoms with Crippen LogP contribution in [0.1, 0.15) is 44.6 Å². The lowest BCUT2D eigenvalue weighted by atomic mass is 9.85. The quantitative estimate of drug-likeness (QED) is 0.850. The Balaban J connectivity index is 2.06. The summed E-state index contributed by atoms with van der Waals surface area (Å²) in [6.07, 6.45) is 2.82. The largest absolute Gasteiger partial charge is 0.468 e. The summed E-state index contributed by atoms with van der Waals surface area (Å²) in [7, 11) is 0. The van der Waals surface area contributed by atoms with E-state index in [1.807, 2.05) is 12.1 Å². The predicted octanol–water partition coefficient (Wildman–Crippen LogP) is 4.55. The third-order valence-electron chi connectivity index (χ3n) is 3.12. The maximum atomic E-state index is 5.39. The fourth-order valence-corrected chi connectivity index (χ4v) is 2.24. The van der Waals surface area contributed by atoms with E-state index in [9.17, 15) is 0 Å². The molecule has 1 aromatic heterocycles. The molecule has 0 aliphatic rings. The summed E-state index contributed by atoms with van der Waals surface area (Å²) < 4.78 is 5.39. The minimum absolute atomic E-state index is 0.288. The van der Waals surface area contributed by atoms with Crippen LogP contribution in [0.15, 0.2) is 53.1 Å². The molecule has 1 aromatic carbocycles. The number of benzene rings is 1. The minimum atomic E-state index is 0.288. The van der Waals surface area contributed by atoms with Crippen molar-refractivity contribution in [3.05, 3.63) is 60.1 Å². The van der Waals surface area contributed by atoms with Gasteiger partial charge < -0.3 is 9.73 Å². The summed E-state index contributed by atoms with van der Waals surface area (Å²) in [5.41, 5.74) is 1.63. The summed E-state index contributed by atoms with van der Waals surface area (Å²) in [4.78, 5) is 0. The molecule has 0 bridgehead atoms. The van der Waals surface area contributed by atoms with E-state index in [2.05, 4.69) is 56.4 Å². The highest BCUT2D eigenvalue weighted by atomic mass is 16.3. The van der Waals surface area contributed by atoms with Crippen LogP contribution in [0, 0.1) is 5.41 Å². The molecule has 0 aliphatic carbocycles. The van der Waals surface area contributed by atoms with Gasteiger partial charge in [0.25, 0.3) is 0 Å². The van der Waals surface area contributed by atoms with Crippen LogP contribution in [0.2, 0.25) is 0 Å². The van der Waals surface area contributed by atoms with Crippen LogP contribution < -0.4 is 5.32 Å². The van der Waals surface area contributed by atoms with Gasteiger partial charge in [0, 0.05) is 6.04 Å². The first-order valence-corrected chi connectivity index (χ1v) is 6.85. The highest BCUT2D eigenvalue weighted by Crippen LogP contribution is 2.29. The third-order valence-corrected chi connectivity index (χ3v) is 3.12. The molecule has 1 N–H and O–H groups in total. The van der Waals surface area contributed by atoms with Crippen LogP contribution in [0.25, 0.3) is 0 Å². The zero-order valence-electron chi connectivity index (χ0n) is 12.0. The topological polar surface area (TPSA) is 25.2 Å². The van der Waals surface area contributed by atoms with E-state index >= 15 is 0 Å². The maximum Gasteiger partial charge on any atom is 0.117 e. The third kappa shape index (κ3) is 4.56. The average Bonchev–Trinajstić information content (AvgIpc) is 2.87. The molecule has 2 nitrogen and oxygen atoms in total. The van der Waals surface area contributed by atoms with Gasteiger partial charge in [-0.2, -0.15) is 0 Å². The molecule has 0 fully saturated rings. The lowest BCUT2D eigenvalue weighted by Crippen LogP contribution is -2.25. The fraction of sp³-hybridized carbons (Fsp3) is 0.412. The van der Waals surface area contributed by atoms with Gasteiger partial charge in [-0.3, -0.25) is 0 Å². The second-order valence-corrected chi connectivity index (χ2v) is 6.19. The molecule has 0 spiro atoms. The van der Waals surface area contributed by atoms with Crippen molar-refractivity contribution >= 4 is 0 Å². The fourth-order valence-electron chi connectivity index (χ4n) is 2.24. The molecular formula is C17H23NO. The standard InChI is InChI=1S/C17H23NO/c1-17(2,3)12-16(14-8-5-4-6-9-14)18-13-15-10-7-11-19-15/h4-11,16,18H,12-13H2,1-3H3. The molecule has 0 saturated carbocycles.